The van der Waals surface area contributed by atoms with Crippen molar-refractivity contribution in [3.8, 4) is 23.0 Å². The van der Waals surface area contributed by atoms with E-state index < -0.39 is 11.8 Å². The fourth-order valence-electron chi connectivity index (χ4n) is 3.76. The van der Waals surface area contributed by atoms with Crippen LogP contribution >= 0.6 is 0 Å². The van der Waals surface area contributed by atoms with Crippen LogP contribution in [0.4, 0.5) is 5.69 Å². The number of carbonyl (C=O) groups is 2. The average molecular weight is 445 g/mol. The third kappa shape index (κ3) is 4.01. The number of anilines is 1. The van der Waals surface area contributed by atoms with E-state index >= 15 is 0 Å². The Bertz CT molecular complexity index is 1240. The van der Waals surface area contributed by atoms with Crippen LogP contribution in [0.3, 0.4) is 0 Å². The lowest BCUT2D eigenvalue weighted by atomic mass is 9.91. The molecule has 3 aromatic rings. The highest BCUT2D eigenvalue weighted by atomic mass is 16.5. The number of para-hydroxylation sites is 2. The Hall–Kier alpha value is -4.26. The number of benzene rings is 3. The van der Waals surface area contributed by atoms with Crippen molar-refractivity contribution in [2.45, 2.75) is 0 Å². The molecule has 0 N–H and O–H groups in total. The number of imide groups is 1. The van der Waals surface area contributed by atoms with E-state index in [-0.39, 0.29) is 0 Å². The second kappa shape index (κ2) is 9.08. The minimum atomic E-state index is -0.469. The summed E-state index contributed by atoms with van der Waals surface area (Å²) < 4.78 is 21.5. The average Bonchev–Trinajstić information content (AvgIpc) is 2.86. The molecular weight excluding hydrogens is 422 g/mol. The van der Waals surface area contributed by atoms with Crippen molar-refractivity contribution in [1.82, 2.24) is 0 Å². The van der Waals surface area contributed by atoms with Crippen molar-refractivity contribution in [2.24, 2.45) is 0 Å². The summed E-state index contributed by atoms with van der Waals surface area (Å²) in [6.07, 6.45) is 1.72. The van der Waals surface area contributed by atoms with Crippen LogP contribution in [0.2, 0.25) is 0 Å². The van der Waals surface area contributed by atoms with Crippen molar-refractivity contribution < 1.29 is 28.5 Å². The lowest BCUT2D eigenvalue weighted by molar-refractivity contribution is -0.112. The monoisotopic (exact) mass is 445 g/mol. The predicted octanol–water partition coefficient (Wildman–Crippen LogP) is 4.45. The molecule has 1 aliphatic rings. The van der Waals surface area contributed by atoms with Gasteiger partial charge in [0.1, 0.15) is 23.0 Å². The first kappa shape index (κ1) is 22.0. The van der Waals surface area contributed by atoms with Gasteiger partial charge in [-0.1, -0.05) is 12.1 Å². The molecule has 0 aliphatic carbocycles. The number of nitrogens with zero attached hydrogens (tertiary/aromatic N) is 1. The largest absolute Gasteiger partial charge is 0.497 e. The van der Waals surface area contributed by atoms with E-state index in [1.165, 1.54) is 14.2 Å². The number of hydrogen-bond acceptors (Lipinski definition) is 6. The summed E-state index contributed by atoms with van der Waals surface area (Å²) in [7, 11) is 6.13. The van der Waals surface area contributed by atoms with Crippen molar-refractivity contribution in [3.05, 3.63) is 77.4 Å². The number of methoxy groups -OCH3 is 4. The van der Waals surface area contributed by atoms with Gasteiger partial charge in [0.05, 0.1) is 39.7 Å². The Morgan fingerprint density at radius 3 is 1.97 bits per heavy atom. The summed E-state index contributed by atoms with van der Waals surface area (Å²) >= 11 is 0. The van der Waals surface area contributed by atoms with Crippen molar-refractivity contribution in [2.75, 3.05) is 33.3 Å². The molecule has 4 rings (SSSR count). The minimum absolute atomic E-state index is 0.341. The maximum atomic E-state index is 13.7. The molecule has 0 saturated carbocycles. The summed E-state index contributed by atoms with van der Waals surface area (Å²) in [4.78, 5) is 28.3. The van der Waals surface area contributed by atoms with Crippen LogP contribution in [-0.2, 0) is 4.79 Å². The van der Waals surface area contributed by atoms with E-state index in [9.17, 15) is 9.59 Å². The third-order valence-electron chi connectivity index (χ3n) is 5.39. The molecule has 1 aliphatic heterocycles. The van der Waals surface area contributed by atoms with Crippen LogP contribution < -0.4 is 23.8 Å². The molecule has 0 atom stereocenters. The second-order valence-corrected chi connectivity index (χ2v) is 7.23. The maximum absolute atomic E-state index is 13.7. The molecule has 0 unspecified atom stereocenters. The van der Waals surface area contributed by atoms with Crippen LogP contribution in [0, 0.1) is 0 Å². The molecule has 1 heterocycles. The molecule has 0 bridgehead atoms. The fraction of sp³-hybridized carbons (Fsp3) is 0.154. The van der Waals surface area contributed by atoms with Crippen LogP contribution in [0.1, 0.15) is 21.5 Å². The topological polar surface area (TPSA) is 74.3 Å². The number of fused-ring (bicyclic) bond motifs is 1. The quantitative estimate of drug-likeness (QED) is 0.412. The summed E-state index contributed by atoms with van der Waals surface area (Å²) in [5.74, 6) is 1.16. The van der Waals surface area contributed by atoms with Gasteiger partial charge in [-0.05, 0) is 54.1 Å². The number of ether oxygens (including phenoxy) is 4. The standard InChI is InChI=1S/C26H23NO6/c1-30-17-9-10-20-21(13-16-11-18(31-2)14-19(12-16)32-3)25(28)27(26(29)22(20)15-17)23-7-5-6-8-24(23)33-4/h5-15H,1-4H3. The number of rotatable bonds is 6. The molecule has 7 heteroatoms. The van der Waals surface area contributed by atoms with Crippen molar-refractivity contribution in [1.29, 1.82) is 0 Å². The summed E-state index contributed by atoms with van der Waals surface area (Å²) in [5, 5.41) is 0. The van der Waals surface area contributed by atoms with Gasteiger partial charge in [-0.25, -0.2) is 4.90 Å². The Balaban J connectivity index is 1.95. The maximum Gasteiger partial charge on any atom is 0.266 e. The first-order chi connectivity index (χ1) is 16.0. The second-order valence-electron chi connectivity index (χ2n) is 7.23. The first-order valence-electron chi connectivity index (χ1n) is 10.2. The van der Waals surface area contributed by atoms with Crippen LogP contribution in [0.25, 0.3) is 11.6 Å². The molecule has 0 aromatic heterocycles. The van der Waals surface area contributed by atoms with Crippen molar-refractivity contribution in [3.63, 3.8) is 0 Å². The van der Waals surface area contributed by atoms with Gasteiger partial charge in [0, 0.05) is 17.2 Å². The van der Waals surface area contributed by atoms with Gasteiger partial charge in [0.15, 0.2) is 0 Å². The van der Waals surface area contributed by atoms with Crippen LogP contribution in [0.5, 0.6) is 23.0 Å². The molecule has 0 radical (unpaired) electrons. The zero-order chi connectivity index (χ0) is 23.5. The smallest absolute Gasteiger partial charge is 0.266 e. The molecule has 0 saturated heterocycles. The highest BCUT2D eigenvalue weighted by Crippen LogP contribution is 2.39. The van der Waals surface area contributed by atoms with Gasteiger partial charge in [-0.15, -0.1) is 0 Å². The highest BCUT2D eigenvalue weighted by Gasteiger charge is 2.37. The van der Waals surface area contributed by atoms with E-state index in [4.69, 9.17) is 18.9 Å². The molecule has 3 aromatic carbocycles. The van der Waals surface area contributed by atoms with Gasteiger partial charge in [0.2, 0.25) is 0 Å². The Labute approximate surface area is 191 Å². The van der Waals surface area contributed by atoms with Gasteiger partial charge in [-0.3, -0.25) is 9.59 Å². The van der Waals surface area contributed by atoms with E-state index in [2.05, 4.69) is 0 Å². The molecule has 0 fully saturated rings. The fourth-order valence-corrected chi connectivity index (χ4v) is 3.76. The molecular formula is C26H23NO6. The molecule has 0 spiro atoms. The van der Waals surface area contributed by atoms with E-state index in [1.807, 2.05) is 0 Å². The third-order valence-corrected chi connectivity index (χ3v) is 5.39. The number of hydrogen-bond donors (Lipinski definition) is 0. The van der Waals surface area contributed by atoms with E-state index in [0.29, 0.717) is 50.9 Å². The Morgan fingerprint density at radius 2 is 1.33 bits per heavy atom. The van der Waals surface area contributed by atoms with E-state index in [0.717, 1.165) is 4.90 Å². The SMILES string of the molecule is COc1cc(C=C2C(=O)N(c3ccccc3OC)C(=O)c3cc(OC)ccc32)cc(OC)c1. The summed E-state index contributed by atoms with van der Waals surface area (Å²) in [6.45, 7) is 0. The lowest BCUT2D eigenvalue weighted by Crippen LogP contribution is -2.42. The highest BCUT2D eigenvalue weighted by molar-refractivity contribution is 6.43. The van der Waals surface area contributed by atoms with Gasteiger partial charge < -0.3 is 18.9 Å². The van der Waals surface area contributed by atoms with Crippen molar-refractivity contribution >= 4 is 29.2 Å². The summed E-state index contributed by atoms with van der Waals surface area (Å²) in [6, 6.07) is 17.3. The van der Waals surface area contributed by atoms with Crippen LogP contribution in [0.15, 0.2) is 60.7 Å². The predicted molar refractivity (Wildman–Crippen MR) is 125 cm³/mol. The van der Waals surface area contributed by atoms with Gasteiger partial charge >= 0.3 is 0 Å². The number of amides is 2. The number of carbonyl (C=O) groups excluding carboxylic acids is 2. The molecule has 168 valence electrons. The normalized spacial score (nSPS) is 14.2. The summed E-state index contributed by atoms with van der Waals surface area (Å²) in [5.41, 5.74) is 2.25. The zero-order valence-electron chi connectivity index (χ0n) is 18.7. The molecule has 33 heavy (non-hydrogen) atoms. The zero-order valence-corrected chi connectivity index (χ0v) is 18.7. The van der Waals surface area contributed by atoms with Gasteiger partial charge in [-0.2, -0.15) is 0 Å². The van der Waals surface area contributed by atoms with Gasteiger partial charge in [0.25, 0.3) is 11.8 Å². The van der Waals surface area contributed by atoms with Crippen LogP contribution in [-0.4, -0.2) is 40.3 Å². The molecule has 7 nitrogen and oxygen atoms in total. The Kier molecular flexibility index (Phi) is 6.04. The van der Waals surface area contributed by atoms with E-state index in [1.54, 1.807) is 81.0 Å². The first-order valence-corrected chi connectivity index (χ1v) is 10.2. The Morgan fingerprint density at radius 1 is 0.667 bits per heavy atom. The minimum Gasteiger partial charge on any atom is -0.497 e. The lowest BCUT2D eigenvalue weighted by Gasteiger charge is -2.30. The molecule has 2 amide bonds.